The van der Waals surface area contributed by atoms with E-state index in [0.29, 0.717) is 13.1 Å². The minimum atomic E-state index is -0.352. The molecule has 0 atom stereocenters. The standard InChI is InChI=1S/C19H23N3O2S/c1-22(14-16-8-10-17(25-2)11-9-16)18(23)13-21-19(24)20-12-15-6-4-3-5-7-15/h3-11H,12-14H2,1-2H3,(H2,20,21,24). The molecule has 0 aromatic heterocycles. The van der Waals surface area contributed by atoms with E-state index in [1.54, 1.807) is 23.7 Å². The van der Waals surface area contributed by atoms with Gasteiger partial charge in [0.2, 0.25) is 5.91 Å². The third kappa shape index (κ3) is 6.51. The second-order valence-corrected chi connectivity index (χ2v) is 6.50. The van der Waals surface area contributed by atoms with Gasteiger partial charge in [0.25, 0.3) is 0 Å². The van der Waals surface area contributed by atoms with Gasteiger partial charge in [-0.15, -0.1) is 11.8 Å². The maximum atomic E-state index is 12.1. The molecule has 25 heavy (non-hydrogen) atoms. The summed E-state index contributed by atoms with van der Waals surface area (Å²) in [6.45, 7) is 0.916. The van der Waals surface area contributed by atoms with E-state index in [1.807, 2.05) is 60.9 Å². The molecule has 0 spiro atoms. The van der Waals surface area contributed by atoms with Crippen molar-refractivity contribution in [2.75, 3.05) is 19.8 Å². The van der Waals surface area contributed by atoms with Crippen molar-refractivity contribution < 1.29 is 9.59 Å². The van der Waals surface area contributed by atoms with Crippen LogP contribution in [0.25, 0.3) is 0 Å². The lowest BCUT2D eigenvalue weighted by Crippen LogP contribution is -2.42. The van der Waals surface area contributed by atoms with Crippen LogP contribution < -0.4 is 10.6 Å². The first-order chi connectivity index (χ1) is 12.1. The molecular weight excluding hydrogens is 334 g/mol. The molecule has 2 aromatic carbocycles. The van der Waals surface area contributed by atoms with Crippen molar-refractivity contribution >= 4 is 23.7 Å². The predicted octanol–water partition coefficient (Wildman–Crippen LogP) is 2.87. The summed E-state index contributed by atoms with van der Waals surface area (Å²) in [6, 6.07) is 17.4. The Balaban J connectivity index is 1.71. The fourth-order valence-electron chi connectivity index (χ4n) is 2.22. The second-order valence-electron chi connectivity index (χ2n) is 5.62. The first-order valence-corrected chi connectivity index (χ1v) is 9.23. The van der Waals surface area contributed by atoms with Crippen LogP contribution in [0.2, 0.25) is 0 Å². The van der Waals surface area contributed by atoms with Crippen LogP contribution in [0, 0.1) is 0 Å². The lowest BCUT2D eigenvalue weighted by Gasteiger charge is -2.18. The van der Waals surface area contributed by atoms with Gasteiger partial charge in [-0.3, -0.25) is 4.79 Å². The molecular formula is C19H23N3O2S. The van der Waals surface area contributed by atoms with Crippen LogP contribution in [-0.2, 0) is 17.9 Å². The van der Waals surface area contributed by atoms with Crippen LogP contribution in [0.5, 0.6) is 0 Å². The van der Waals surface area contributed by atoms with Gasteiger partial charge >= 0.3 is 6.03 Å². The van der Waals surface area contributed by atoms with Gasteiger partial charge in [0.1, 0.15) is 0 Å². The molecule has 0 radical (unpaired) electrons. The SMILES string of the molecule is CSc1ccc(CN(C)C(=O)CNC(=O)NCc2ccccc2)cc1. The zero-order chi connectivity index (χ0) is 18.1. The normalized spacial score (nSPS) is 10.2. The summed E-state index contributed by atoms with van der Waals surface area (Å²) in [5.41, 5.74) is 2.07. The van der Waals surface area contributed by atoms with Gasteiger partial charge in [0, 0.05) is 25.0 Å². The zero-order valence-electron chi connectivity index (χ0n) is 14.5. The van der Waals surface area contributed by atoms with Crippen LogP contribution in [0.1, 0.15) is 11.1 Å². The minimum Gasteiger partial charge on any atom is -0.340 e. The Morgan fingerprint density at radius 1 is 0.960 bits per heavy atom. The Bertz CT molecular complexity index is 690. The van der Waals surface area contributed by atoms with Crippen molar-refractivity contribution in [2.24, 2.45) is 0 Å². The van der Waals surface area contributed by atoms with E-state index in [0.717, 1.165) is 11.1 Å². The molecule has 0 aliphatic carbocycles. The molecule has 3 amide bonds. The van der Waals surface area contributed by atoms with E-state index in [-0.39, 0.29) is 18.5 Å². The van der Waals surface area contributed by atoms with E-state index >= 15 is 0 Å². The van der Waals surface area contributed by atoms with Gasteiger partial charge in [-0.1, -0.05) is 42.5 Å². The first-order valence-electron chi connectivity index (χ1n) is 8.01. The van der Waals surface area contributed by atoms with Crippen LogP contribution in [0.3, 0.4) is 0 Å². The van der Waals surface area contributed by atoms with Crippen LogP contribution in [-0.4, -0.2) is 36.7 Å². The fourth-order valence-corrected chi connectivity index (χ4v) is 2.63. The Labute approximate surface area is 152 Å². The van der Waals surface area contributed by atoms with Crippen LogP contribution >= 0.6 is 11.8 Å². The number of hydrogen-bond donors (Lipinski definition) is 2. The predicted molar refractivity (Wildman–Crippen MR) is 101 cm³/mol. The van der Waals surface area contributed by atoms with E-state index in [2.05, 4.69) is 10.6 Å². The molecule has 0 aliphatic heterocycles. The number of thioether (sulfide) groups is 1. The number of likely N-dealkylation sites (N-methyl/N-ethyl adjacent to an activating group) is 1. The summed E-state index contributed by atoms with van der Waals surface area (Å²) in [5, 5.41) is 5.33. The molecule has 132 valence electrons. The van der Waals surface area contributed by atoms with Crippen molar-refractivity contribution in [2.45, 2.75) is 18.0 Å². The number of carbonyl (C=O) groups excluding carboxylic acids is 2. The molecule has 0 fully saturated rings. The summed E-state index contributed by atoms with van der Waals surface area (Å²) >= 11 is 1.68. The highest BCUT2D eigenvalue weighted by atomic mass is 32.2. The van der Waals surface area contributed by atoms with Gasteiger partial charge in [-0.2, -0.15) is 0 Å². The highest BCUT2D eigenvalue weighted by molar-refractivity contribution is 7.98. The molecule has 5 nitrogen and oxygen atoms in total. The summed E-state index contributed by atoms with van der Waals surface area (Å²) in [4.78, 5) is 26.7. The number of nitrogens with zero attached hydrogens (tertiary/aromatic N) is 1. The largest absolute Gasteiger partial charge is 0.340 e. The molecule has 0 aliphatic rings. The van der Waals surface area contributed by atoms with Gasteiger partial charge < -0.3 is 15.5 Å². The Hall–Kier alpha value is -2.47. The maximum absolute atomic E-state index is 12.1. The van der Waals surface area contributed by atoms with Crippen molar-refractivity contribution in [3.8, 4) is 0 Å². The van der Waals surface area contributed by atoms with Gasteiger partial charge in [-0.25, -0.2) is 4.79 Å². The summed E-state index contributed by atoms with van der Waals surface area (Å²) in [7, 11) is 1.73. The molecule has 0 bridgehead atoms. The molecule has 2 rings (SSSR count). The summed E-state index contributed by atoms with van der Waals surface area (Å²) < 4.78 is 0. The second kappa shape index (κ2) is 9.74. The van der Waals surface area contributed by atoms with Crippen LogP contribution in [0.4, 0.5) is 4.79 Å². The van der Waals surface area contributed by atoms with Crippen LogP contribution in [0.15, 0.2) is 59.5 Å². The molecule has 0 heterocycles. The van der Waals surface area contributed by atoms with Crippen molar-refractivity contribution in [1.29, 1.82) is 0 Å². The highest BCUT2D eigenvalue weighted by Gasteiger charge is 2.11. The number of carbonyl (C=O) groups is 2. The van der Waals surface area contributed by atoms with Crippen molar-refractivity contribution in [3.63, 3.8) is 0 Å². The first kappa shape index (κ1) is 18.9. The van der Waals surface area contributed by atoms with E-state index in [9.17, 15) is 9.59 Å². The minimum absolute atomic E-state index is 0.0278. The molecule has 0 saturated carbocycles. The summed E-state index contributed by atoms with van der Waals surface area (Å²) in [5.74, 6) is -0.135. The number of amides is 3. The molecule has 2 N–H and O–H groups in total. The quantitative estimate of drug-likeness (QED) is 0.749. The number of urea groups is 1. The lowest BCUT2D eigenvalue weighted by atomic mass is 10.2. The smallest absolute Gasteiger partial charge is 0.315 e. The topological polar surface area (TPSA) is 61.4 Å². The van der Waals surface area contributed by atoms with E-state index in [4.69, 9.17) is 0 Å². The fraction of sp³-hybridized carbons (Fsp3) is 0.263. The number of benzene rings is 2. The van der Waals surface area contributed by atoms with E-state index < -0.39 is 0 Å². The van der Waals surface area contributed by atoms with Crippen molar-refractivity contribution in [3.05, 3.63) is 65.7 Å². The number of nitrogens with one attached hydrogen (secondary N) is 2. The average molecular weight is 357 g/mol. The van der Waals surface area contributed by atoms with Crippen molar-refractivity contribution in [1.82, 2.24) is 15.5 Å². The molecule has 0 saturated heterocycles. The lowest BCUT2D eigenvalue weighted by molar-refractivity contribution is -0.129. The third-order valence-electron chi connectivity index (χ3n) is 3.70. The summed E-state index contributed by atoms with van der Waals surface area (Å²) in [6.07, 6.45) is 2.03. The third-order valence-corrected chi connectivity index (χ3v) is 4.44. The monoisotopic (exact) mass is 357 g/mol. The zero-order valence-corrected chi connectivity index (χ0v) is 15.3. The Kier molecular flexibility index (Phi) is 7.35. The molecule has 6 heteroatoms. The maximum Gasteiger partial charge on any atom is 0.315 e. The van der Waals surface area contributed by atoms with Gasteiger partial charge in [-0.05, 0) is 29.5 Å². The number of rotatable bonds is 7. The highest BCUT2D eigenvalue weighted by Crippen LogP contribution is 2.15. The average Bonchev–Trinajstić information content (AvgIpc) is 2.65. The Morgan fingerprint density at radius 3 is 2.28 bits per heavy atom. The molecule has 0 unspecified atom stereocenters. The number of hydrogen-bond acceptors (Lipinski definition) is 3. The van der Waals surface area contributed by atoms with E-state index in [1.165, 1.54) is 4.90 Å². The Morgan fingerprint density at radius 2 is 1.64 bits per heavy atom. The molecule has 2 aromatic rings. The van der Waals surface area contributed by atoms with Gasteiger partial charge in [0.05, 0.1) is 6.54 Å². The van der Waals surface area contributed by atoms with Gasteiger partial charge in [0.15, 0.2) is 0 Å².